The summed E-state index contributed by atoms with van der Waals surface area (Å²) in [6.45, 7) is 3.62. The number of para-hydroxylation sites is 1. The summed E-state index contributed by atoms with van der Waals surface area (Å²) < 4.78 is 10.3. The number of esters is 1. The lowest BCUT2D eigenvalue weighted by atomic mass is 10.2. The predicted octanol–water partition coefficient (Wildman–Crippen LogP) is 1.37. The molecule has 0 unspecified atom stereocenters. The molecule has 1 aliphatic heterocycles. The van der Waals surface area contributed by atoms with Crippen LogP contribution in [0, 0.1) is 0 Å². The first-order chi connectivity index (χ1) is 11.5. The zero-order valence-corrected chi connectivity index (χ0v) is 13.6. The molecule has 0 radical (unpaired) electrons. The van der Waals surface area contributed by atoms with Gasteiger partial charge in [-0.25, -0.2) is 4.79 Å². The summed E-state index contributed by atoms with van der Waals surface area (Å²) in [6, 6.07) is 8.98. The molecule has 0 aromatic heterocycles. The molecule has 0 saturated heterocycles. The van der Waals surface area contributed by atoms with Crippen molar-refractivity contribution in [3.05, 3.63) is 41.8 Å². The molecule has 2 N–H and O–H groups in total. The number of hydrogen-bond acceptors (Lipinski definition) is 6. The van der Waals surface area contributed by atoms with E-state index in [2.05, 4.69) is 10.6 Å². The fourth-order valence-corrected chi connectivity index (χ4v) is 2.03. The van der Waals surface area contributed by atoms with E-state index in [1.165, 1.54) is 6.92 Å². The van der Waals surface area contributed by atoms with E-state index >= 15 is 0 Å². The van der Waals surface area contributed by atoms with Crippen molar-refractivity contribution in [2.75, 3.05) is 18.5 Å². The number of rotatable bonds is 7. The SMILES string of the molecule is CCCNC(=O)[C@H](C)OC(=O)C1=C(Nc2ccccc2)OCC1=O. The fraction of sp³-hybridized carbons (Fsp3) is 0.353. The maximum absolute atomic E-state index is 12.2. The number of amides is 1. The number of Topliss-reactive ketones (excluding diaryl/α,β-unsaturated/α-hetero) is 1. The summed E-state index contributed by atoms with van der Waals surface area (Å²) >= 11 is 0. The molecule has 128 valence electrons. The van der Waals surface area contributed by atoms with Crippen LogP contribution in [0.15, 0.2) is 41.8 Å². The molecule has 0 bridgehead atoms. The minimum Gasteiger partial charge on any atom is -0.470 e. The Morgan fingerprint density at radius 3 is 2.67 bits per heavy atom. The van der Waals surface area contributed by atoms with E-state index in [4.69, 9.17) is 9.47 Å². The highest BCUT2D eigenvalue weighted by Crippen LogP contribution is 2.21. The van der Waals surface area contributed by atoms with Crippen LogP contribution in [0.3, 0.4) is 0 Å². The molecule has 1 amide bonds. The normalized spacial score (nSPS) is 14.8. The van der Waals surface area contributed by atoms with Gasteiger partial charge in [0, 0.05) is 12.2 Å². The van der Waals surface area contributed by atoms with Crippen molar-refractivity contribution in [2.24, 2.45) is 0 Å². The number of hydrogen-bond donors (Lipinski definition) is 2. The molecule has 2 rings (SSSR count). The molecule has 1 aromatic rings. The van der Waals surface area contributed by atoms with Crippen LogP contribution in [0.2, 0.25) is 0 Å². The zero-order chi connectivity index (χ0) is 17.5. The Balaban J connectivity index is 2.08. The van der Waals surface area contributed by atoms with Gasteiger partial charge in [0.2, 0.25) is 11.7 Å². The van der Waals surface area contributed by atoms with E-state index in [9.17, 15) is 14.4 Å². The van der Waals surface area contributed by atoms with Gasteiger partial charge in [-0.1, -0.05) is 25.1 Å². The second-order valence-corrected chi connectivity index (χ2v) is 5.25. The second kappa shape index (κ2) is 8.14. The van der Waals surface area contributed by atoms with E-state index in [1.54, 1.807) is 24.3 Å². The number of anilines is 1. The van der Waals surface area contributed by atoms with Gasteiger partial charge in [-0.3, -0.25) is 9.59 Å². The highest BCUT2D eigenvalue weighted by molar-refractivity contribution is 6.20. The maximum Gasteiger partial charge on any atom is 0.348 e. The number of benzene rings is 1. The third kappa shape index (κ3) is 4.34. The first-order valence-corrected chi connectivity index (χ1v) is 7.74. The summed E-state index contributed by atoms with van der Waals surface area (Å²) in [5, 5.41) is 5.50. The standard InChI is InChI=1S/C17H20N2O5/c1-3-9-18-15(21)11(2)24-17(22)14-13(20)10-23-16(14)19-12-7-5-4-6-8-12/h4-8,11,19H,3,9-10H2,1-2H3,(H,18,21)/t11-/m0/s1. The molecule has 0 saturated carbocycles. The average molecular weight is 332 g/mol. The van der Waals surface area contributed by atoms with Gasteiger partial charge in [-0.2, -0.15) is 0 Å². The molecule has 1 aromatic carbocycles. The smallest absolute Gasteiger partial charge is 0.348 e. The lowest BCUT2D eigenvalue weighted by Crippen LogP contribution is -2.37. The van der Waals surface area contributed by atoms with Crippen molar-refractivity contribution in [2.45, 2.75) is 26.4 Å². The van der Waals surface area contributed by atoms with Crippen LogP contribution in [0.5, 0.6) is 0 Å². The highest BCUT2D eigenvalue weighted by atomic mass is 16.6. The Labute approximate surface area is 140 Å². The number of carbonyl (C=O) groups is 3. The lowest BCUT2D eigenvalue weighted by molar-refractivity contribution is -0.151. The van der Waals surface area contributed by atoms with Crippen LogP contribution in [-0.2, 0) is 23.9 Å². The molecule has 7 nitrogen and oxygen atoms in total. The van der Waals surface area contributed by atoms with Gasteiger partial charge in [0.1, 0.15) is 0 Å². The lowest BCUT2D eigenvalue weighted by Gasteiger charge is -2.13. The van der Waals surface area contributed by atoms with Gasteiger partial charge in [0.05, 0.1) is 0 Å². The molecule has 0 fully saturated rings. The van der Waals surface area contributed by atoms with Gasteiger partial charge >= 0.3 is 5.97 Å². The van der Waals surface area contributed by atoms with Gasteiger partial charge in [0.15, 0.2) is 18.3 Å². The van der Waals surface area contributed by atoms with Gasteiger partial charge in [-0.15, -0.1) is 0 Å². The van der Waals surface area contributed by atoms with Crippen molar-refractivity contribution >= 4 is 23.3 Å². The van der Waals surface area contributed by atoms with E-state index in [1.807, 2.05) is 13.0 Å². The van der Waals surface area contributed by atoms with Crippen molar-refractivity contribution in [1.29, 1.82) is 0 Å². The third-order valence-electron chi connectivity index (χ3n) is 3.29. The highest BCUT2D eigenvalue weighted by Gasteiger charge is 2.34. The summed E-state index contributed by atoms with van der Waals surface area (Å²) in [6.07, 6.45) is -0.224. The number of ether oxygens (including phenoxy) is 2. The fourth-order valence-electron chi connectivity index (χ4n) is 2.03. The largest absolute Gasteiger partial charge is 0.470 e. The van der Waals surface area contributed by atoms with E-state index in [0.717, 1.165) is 6.42 Å². The van der Waals surface area contributed by atoms with Crippen molar-refractivity contribution in [3.63, 3.8) is 0 Å². The van der Waals surface area contributed by atoms with E-state index in [-0.39, 0.29) is 18.1 Å². The second-order valence-electron chi connectivity index (χ2n) is 5.25. The first-order valence-electron chi connectivity index (χ1n) is 7.74. The molecule has 24 heavy (non-hydrogen) atoms. The zero-order valence-electron chi connectivity index (χ0n) is 13.6. The maximum atomic E-state index is 12.2. The molecule has 1 aliphatic rings. The minimum atomic E-state index is -0.997. The monoisotopic (exact) mass is 332 g/mol. The minimum absolute atomic E-state index is 0.0392. The quantitative estimate of drug-likeness (QED) is 0.578. The van der Waals surface area contributed by atoms with Gasteiger partial charge in [0.25, 0.3) is 5.91 Å². The molecule has 7 heteroatoms. The van der Waals surface area contributed by atoms with Crippen LogP contribution in [0.25, 0.3) is 0 Å². The Morgan fingerprint density at radius 1 is 1.29 bits per heavy atom. The first kappa shape index (κ1) is 17.5. The summed E-state index contributed by atoms with van der Waals surface area (Å²) in [5.74, 6) is -1.73. The van der Waals surface area contributed by atoms with Crippen LogP contribution >= 0.6 is 0 Å². The average Bonchev–Trinajstić information content (AvgIpc) is 2.93. The van der Waals surface area contributed by atoms with Crippen molar-refractivity contribution in [3.8, 4) is 0 Å². The third-order valence-corrected chi connectivity index (χ3v) is 3.29. The molecule has 0 aliphatic carbocycles. The molecule has 1 atom stereocenters. The number of carbonyl (C=O) groups excluding carboxylic acids is 3. The van der Waals surface area contributed by atoms with Crippen LogP contribution < -0.4 is 10.6 Å². The summed E-state index contributed by atoms with van der Waals surface area (Å²) in [4.78, 5) is 35.9. The van der Waals surface area contributed by atoms with Crippen molar-refractivity contribution in [1.82, 2.24) is 5.32 Å². The predicted molar refractivity (Wildman–Crippen MR) is 86.9 cm³/mol. The van der Waals surface area contributed by atoms with E-state index < -0.39 is 23.8 Å². The summed E-state index contributed by atoms with van der Waals surface area (Å²) in [5.41, 5.74) is 0.454. The van der Waals surface area contributed by atoms with Crippen LogP contribution in [0.4, 0.5) is 5.69 Å². The summed E-state index contributed by atoms with van der Waals surface area (Å²) in [7, 11) is 0. The number of ketones is 1. The number of nitrogens with one attached hydrogen (secondary N) is 2. The molecular weight excluding hydrogens is 312 g/mol. The Bertz CT molecular complexity index is 654. The molecule has 1 heterocycles. The van der Waals surface area contributed by atoms with E-state index in [0.29, 0.717) is 12.2 Å². The molecule has 0 spiro atoms. The Hall–Kier alpha value is -2.83. The van der Waals surface area contributed by atoms with Gasteiger partial charge in [-0.05, 0) is 25.5 Å². The molecular formula is C17H20N2O5. The van der Waals surface area contributed by atoms with Crippen LogP contribution in [0.1, 0.15) is 20.3 Å². The van der Waals surface area contributed by atoms with Crippen LogP contribution in [-0.4, -0.2) is 36.9 Å². The Morgan fingerprint density at radius 2 is 2.00 bits per heavy atom. The topological polar surface area (TPSA) is 93.7 Å². The van der Waals surface area contributed by atoms with Gasteiger partial charge < -0.3 is 20.1 Å². The Kier molecular flexibility index (Phi) is 5.95. The van der Waals surface area contributed by atoms with Crippen molar-refractivity contribution < 1.29 is 23.9 Å².